The van der Waals surface area contributed by atoms with E-state index >= 15 is 0 Å². The van der Waals surface area contributed by atoms with E-state index in [1.165, 1.54) is 10.7 Å². The molecule has 1 atom stereocenters. The van der Waals surface area contributed by atoms with Gasteiger partial charge in [0.2, 0.25) is 10.0 Å². The lowest BCUT2D eigenvalue weighted by atomic mass is 10.1. The number of hydrogen-bond acceptors (Lipinski definition) is 5. The molecule has 174 valence electrons. The lowest BCUT2D eigenvalue weighted by molar-refractivity contribution is -0.122. The largest absolute Gasteiger partial charge is 0.481 e. The zero-order valence-electron chi connectivity index (χ0n) is 19.1. The Labute approximate surface area is 191 Å². The lowest BCUT2D eigenvalue weighted by Crippen LogP contribution is -2.34. The van der Waals surface area contributed by atoms with Crippen molar-refractivity contribution < 1.29 is 17.9 Å². The molecule has 32 heavy (non-hydrogen) atoms. The van der Waals surface area contributed by atoms with E-state index in [0.717, 1.165) is 31.6 Å². The molecule has 8 heteroatoms. The molecule has 1 saturated heterocycles. The normalized spacial score (nSPS) is 15.4. The molecule has 0 saturated carbocycles. The van der Waals surface area contributed by atoms with Crippen molar-refractivity contribution in [2.45, 2.75) is 51.0 Å². The van der Waals surface area contributed by atoms with Crippen molar-refractivity contribution >= 4 is 27.3 Å². The number of carbonyl (C=O) groups excluding carboxylic acids is 1. The van der Waals surface area contributed by atoms with E-state index in [9.17, 15) is 13.2 Å². The van der Waals surface area contributed by atoms with Gasteiger partial charge >= 0.3 is 0 Å². The van der Waals surface area contributed by atoms with Crippen LogP contribution in [0.3, 0.4) is 0 Å². The van der Waals surface area contributed by atoms with E-state index in [4.69, 9.17) is 4.74 Å². The molecule has 7 nitrogen and oxygen atoms in total. The van der Waals surface area contributed by atoms with Gasteiger partial charge in [-0.2, -0.15) is 4.31 Å². The number of sulfonamides is 1. The Morgan fingerprint density at radius 2 is 1.72 bits per heavy atom. The Morgan fingerprint density at radius 1 is 1.06 bits per heavy atom. The van der Waals surface area contributed by atoms with Gasteiger partial charge in [-0.3, -0.25) is 4.79 Å². The fraction of sp³-hybridized carbons (Fsp3) is 0.458. The van der Waals surface area contributed by atoms with E-state index in [0.29, 0.717) is 24.5 Å². The number of nitrogens with zero attached hydrogens (tertiary/aromatic N) is 2. The molecule has 1 heterocycles. The van der Waals surface area contributed by atoms with Crippen molar-refractivity contribution in [2.75, 3.05) is 36.4 Å². The number of rotatable bonds is 9. The summed E-state index contributed by atoms with van der Waals surface area (Å²) in [4.78, 5) is 15.3. The summed E-state index contributed by atoms with van der Waals surface area (Å²) in [5.74, 6) is 0.272. The van der Waals surface area contributed by atoms with Gasteiger partial charge < -0.3 is 15.0 Å². The van der Waals surface area contributed by atoms with Crippen LogP contribution in [0.15, 0.2) is 53.4 Å². The minimum absolute atomic E-state index is 0.175. The van der Waals surface area contributed by atoms with E-state index in [2.05, 4.69) is 10.2 Å². The third-order valence-electron chi connectivity index (χ3n) is 5.69. The van der Waals surface area contributed by atoms with Crippen molar-refractivity contribution in [3.63, 3.8) is 0 Å². The molecule has 1 fully saturated rings. The van der Waals surface area contributed by atoms with E-state index in [1.807, 2.05) is 32.0 Å². The predicted octanol–water partition coefficient (Wildman–Crippen LogP) is 4.11. The molecule has 0 bridgehead atoms. The Balaban J connectivity index is 1.90. The van der Waals surface area contributed by atoms with Gasteiger partial charge in [0.15, 0.2) is 6.10 Å². The molecule has 2 aromatic carbocycles. The van der Waals surface area contributed by atoms with Crippen LogP contribution in [0, 0.1) is 0 Å². The monoisotopic (exact) mass is 459 g/mol. The van der Waals surface area contributed by atoms with Gasteiger partial charge in [0.05, 0.1) is 16.3 Å². The summed E-state index contributed by atoms with van der Waals surface area (Å²) >= 11 is 0. The second-order valence-corrected chi connectivity index (χ2v) is 9.82. The number of ether oxygens (including phenoxy) is 1. The second kappa shape index (κ2) is 10.8. The first-order chi connectivity index (χ1) is 15.4. The summed E-state index contributed by atoms with van der Waals surface area (Å²) in [5, 5.41) is 2.93. The Kier molecular flexibility index (Phi) is 8.15. The summed E-state index contributed by atoms with van der Waals surface area (Å²) < 4.78 is 33.3. The number of benzene rings is 2. The maximum Gasteiger partial charge on any atom is 0.265 e. The summed E-state index contributed by atoms with van der Waals surface area (Å²) in [6.07, 6.45) is 2.57. The van der Waals surface area contributed by atoms with Crippen LogP contribution in [-0.4, -0.2) is 50.9 Å². The molecule has 1 aliphatic heterocycles. The van der Waals surface area contributed by atoms with Crippen molar-refractivity contribution in [3.8, 4) is 5.75 Å². The number of amides is 1. The fourth-order valence-corrected chi connectivity index (χ4v) is 5.37. The molecule has 1 aliphatic rings. The number of carbonyl (C=O) groups is 1. The quantitative estimate of drug-likeness (QED) is 0.610. The Morgan fingerprint density at radius 3 is 2.34 bits per heavy atom. The maximum atomic E-state index is 13.1. The Hall–Kier alpha value is -2.58. The van der Waals surface area contributed by atoms with Crippen molar-refractivity contribution in [2.24, 2.45) is 0 Å². The number of hydrogen-bond donors (Lipinski definition) is 1. The van der Waals surface area contributed by atoms with Crippen LogP contribution in [0.1, 0.15) is 40.0 Å². The maximum absolute atomic E-state index is 13.1. The highest BCUT2D eigenvalue weighted by molar-refractivity contribution is 7.89. The fourth-order valence-electron chi connectivity index (χ4n) is 3.89. The van der Waals surface area contributed by atoms with Crippen LogP contribution >= 0.6 is 0 Å². The first-order valence-electron chi connectivity index (χ1n) is 11.3. The summed E-state index contributed by atoms with van der Waals surface area (Å²) in [7, 11) is -3.64. The van der Waals surface area contributed by atoms with Crippen LogP contribution < -0.4 is 15.0 Å². The molecule has 2 aromatic rings. The molecule has 1 unspecified atom stereocenters. The molecule has 0 spiro atoms. The predicted molar refractivity (Wildman–Crippen MR) is 128 cm³/mol. The summed E-state index contributed by atoms with van der Waals surface area (Å²) in [6, 6.07) is 14.2. The first kappa shape index (κ1) is 24.1. The minimum Gasteiger partial charge on any atom is -0.481 e. The molecule has 0 radical (unpaired) electrons. The second-order valence-electron chi connectivity index (χ2n) is 7.88. The SMILES string of the molecule is CCN(CC)S(=O)(=O)c1ccc(N2CCCCC2)c(NC(=O)C(C)Oc2ccccc2)c1. The molecular formula is C24H33N3O4S. The summed E-state index contributed by atoms with van der Waals surface area (Å²) in [5.41, 5.74) is 1.33. The zero-order chi connectivity index (χ0) is 23.1. The molecule has 0 aliphatic carbocycles. The zero-order valence-corrected chi connectivity index (χ0v) is 19.9. The number of anilines is 2. The number of nitrogens with one attached hydrogen (secondary N) is 1. The van der Waals surface area contributed by atoms with Crippen molar-refractivity contribution in [3.05, 3.63) is 48.5 Å². The average molecular weight is 460 g/mol. The van der Waals surface area contributed by atoms with E-state index in [-0.39, 0.29) is 10.8 Å². The smallest absolute Gasteiger partial charge is 0.265 e. The highest BCUT2D eigenvalue weighted by atomic mass is 32.2. The number of piperidine rings is 1. The van der Waals surface area contributed by atoms with Crippen LogP contribution in [0.4, 0.5) is 11.4 Å². The standard InChI is InChI=1S/C24H33N3O4S/c1-4-27(5-2)32(29,30)21-14-15-23(26-16-10-7-11-17-26)22(18-21)25-24(28)19(3)31-20-12-8-6-9-13-20/h6,8-9,12-15,18-19H,4-5,7,10-11,16-17H2,1-3H3,(H,25,28). The molecule has 0 aromatic heterocycles. The van der Waals surface area contributed by atoms with Crippen LogP contribution in [0.2, 0.25) is 0 Å². The van der Waals surface area contributed by atoms with Gasteiger partial charge in [0, 0.05) is 26.2 Å². The van der Waals surface area contributed by atoms with Gasteiger partial charge in [-0.1, -0.05) is 32.0 Å². The molecule has 1 N–H and O–H groups in total. The van der Waals surface area contributed by atoms with E-state index < -0.39 is 16.1 Å². The molecule has 3 rings (SSSR count). The van der Waals surface area contributed by atoms with E-state index in [1.54, 1.807) is 37.3 Å². The van der Waals surface area contributed by atoms with Gasteiger partial charge in [-0.25, -0.2) is 8.42 Å². The van der Waals surface area contributed by atoms with Crippen LogP contribution in [0.25, 0.3) is 0 Å². The summed E-state index contributed by atoms with van der Waals surface area (Å²) in [6.45, 7) is 7.83. The molecule has 1 amide bonds. The topological polar surface area (TPSA) is 79.0 Å². The third-order valence-corrected chi connectivity index (χ3v) is 7.74. The first-order valence-corrected chi connectivity index (χ1v) is 12.7. The van der Waals surface area contributed by atoms with Crippen molar-refractivity contribution in [1.82, 2.24) is 4.31 Å². The van der Waals surface area contributed by atoms with Gasteiger partial charge in [0.1, 0.15) is 5.75 Å². The van der Waals surface area contributed by atoms with Gasteiger partial charge in [-0.15, -0.1) is 0 Å². The average Bonchev–Trinajstić information content (AvgIpc) is 2.81. The minimum atomic E-state index is -3.64. The third kappa shape index (κ3) is 5.61. The lowest BCUT2D eigenvalue weighted by Gasteiger charge is -2.31. The Bertz CT molecular complexity index is 1000. The highest BCUT2D eigenvalue weighted by Crippen LogP contribution is 2.32. The van der Waals surface area contributed by atoms with Crippen molar-refractivity contribution in [1.29, 1.82) is 0 Å². The number of para-hydroxylation sites is 1. The van der Waals surface area contributed by atoms with Gasteiger partial charge in [0.25, 0.3) is 5.91 Å². The van der Waals surface area contributed by atoms with Crippen LogP contribution in [0.5, 0.6) is 5.75 Å². The highest BCUT2D eigenvalue weighted by Gasteiger charge is 2.25. The van der Waals surface area contributed by atoms with Crippen LogP contribution in [-0.2, 0) is 14.8 Å². The molecular weight excluding hydrogens is 426 g/mol. The van der Waals surface area contributed by atoms with Gasteiger partial charge in [-0.05, 0) is 56.5 Å².